The van der Waals surface area contributed by atoms with Crippen LogP contribution in [0.2, 0.25) is 5.02 Å². The molecule has 1 aromatic heterocycles. The first-order chi connectivity index (χ1) is 12.6. The molecule has 0 amide bonds. The average Bonchev–Trinajstić information content (AvgIpc) is 2.67. The standard InChI is InChI=1S/C20H18BrClN2O2/c21-14-4-1-3-13(11-14)19(24-7-9-26-10-8-24)16-12-17(22)15-5-2-6-23-18(15)20(16)25/h1-6,11-12,19,25H,7-10H2/t19-/m0/s1. The van der Waals surface area contributed by atoms with Crippen LogP contribution in [0.4, 0.5) is 0 Å². The number of aromatic nitrogens is 1. The minimum absolute atomic E-state index is 0.125. The Morgan fingerprint density at radius 1 is 1.15 bits per heavy atom. The second-order valence-electron chi connectivity index (χ2n) is 6.30. The van der Waals surface area contributed by atoms with Crippen LogP contribution < -0.4 is 0 Å². The second kappa shape index (κ2) is 7.53. The lowest BCUT2D eigenvalue weighted by Crippen LogP contribution is -2.39. The van der Waals surface area contributed by atoms with E-state index in [4.69, 9.17) is 16.3 Å². The smallest absolute Gasteiger partial charge is 0.147 e. The number of phenols is 1. The van der Waals surface area contributed by atoms with Gasteiger partial charge in [-0.2, -0.15) is 0 Å². The highest BCUT2D eigenvalue weighted by Crippen LogP contribution is 2.41. The van der Waals surface area contributed by atoms with Gasteiger partial charge >= 0.3 is 0 Å². The number of pyridine rings is 1. The number of aromatic hydroxyl groups is 1. The number of benzene rings is 2. The minimum Gasteiger partial charge on any atom is -0.505 e. The number of ether oxygens (including phenoxy) is 1. The van der Waals surface area contributed by atoms with E-state index in [2.05, 4.69) is 37.9 Å². The van der Waals surface area contributed by atoms with Crippen LogP contribution in [-0.2, 0) is 4.74 Å². The molecule has 1 atom stereocenters. The molecule has 4 nitrogen and oxygen atoms in total. The quantitative estimate of drug-likeness (QED) is 0.646. The van der Waals surface area contributed by atoms with E-state index < -0.39 is 0 Å². The van der Waals surface area contributed by atoms with Crippen molar-refractivity contribution >= 4 is 38.4 Å². The Kier molecular flexibility index (Phi) is 5.14. The maximum absolute atomic E-state index is 11.0. The van der Waals surface area contributed by atoms with Gasteiger partial charge in [0.05, 0.1) is 24.3 Å². The molecular weight excluding hydrogens is 416 g/mol. The third kappa shape index (κ3) is 3.32. The molecule has 1 aliphatic rings. The molecule has 2 aromatic carbocycles. The van der Waals surface area contributed by atoms with Crippen molar-refractivity contribution in [3.8, 4) is 5.75 Å². The van der Waals surface area contributed by atoms with Crippen molar-refractivity contribution in [2.24, 2.45) is 0 Å². The first-order valence-corrected chi connectivity index (χ1v) is 9.65. The van der Waals surface area contributed by atoms with Crippen LogP contribution in [-0.4, -0.2) is 41.3 Å². The summed E-state index contributed by atoms with van der Waals surface area (Å²) < 4.78 is 6.52. The Balaban J connectivity index is 1.91. The van der Waals surface area contributed by atoms with Crippen LogP contribution >= 0.6 is 27.5 Å². The average molecular weight is 434 g/mol. The zero-order valence-electron chi connectivity index (χ0n) is 14.0. The molecule has 0 bridgehead atoms. The Hall–Kier alpha value is -1.66. The van der Waals surface area contributed by atoms with Gasteiger partial charge in [0.25, 0.3) is 0 Å². The molecule has 0 aliphatic carbocycles. The molecule has 0 radical (unpaired) electrons. The van der Waals surface area contributed by atoms with Crippen molar-refractivity contribution in [2.75, 3.05) is 26.3 Å². The van der Waals surface area contributed by atoms with Crippen LogP contribution in [0, 0.1) is 0 Å². The van der Waals surface area contributed by atoms with Crippen molar-refractivity contribution in [1.82, 2.24) is 9.88 Å². The Morgan fingerprint density at radius 2 is 1.96 bits per heavy atom. The summed E-state index contributed by atoms with van der Waals surface area (Å²) in [5, 5.41) is 12.4. The molecule has 1 saturated heterocycles. The number of hydrogen-bond acceptors (Lipinski definition) is 4. The van der Waals surface area contributed by atoms with Crippen LogP contribution in [0.1, 0.15) is 17.2 Å². The fraction of sp³-hybridized carbons (Fsp3) is 0.250. The number of phenolic OH excluding ortho intramolecular Hbond substituents is 1. The molecule has 0 saturated carbocycles. The van der Waals surface area contributed by atoms with Crippen LogP contribution in [0.25, 0.3) is 10.9 Å². The van der Waals surface area contributed by atoms with E-state index in [1.165, 1.54) is 0 Å². The molecule has 1 N–H and O–H groups in total. The number of fused-ring (bicyclic) bond motifs is 1. The number of morpholine rings is 1. The summed E-state index contributed by atoms with van der Waals surface area (Å²) >= 11 is 10.1. The monoisotopic (exact) mass is 432 g/mol. The Morgan fingerprint density at radius 3 is 2.73 bits per heavy atom. The fourth-order valence-electron chi connectivity index (χ4n) is 3.51. The summed E-state index contributed by atoms with van der Waals surface area (Å²) in [6, 6.07) is 13.6. The van der Waals surface area contributed by atoms with Crippen molar-refractivity contribution in [1.29, 1.82) is 0 Å². The summed E-state index contributed by atoms with van der Waals surface area (Å²) in [5.74, 6) is 0.182. The predicted octanol–water partition coefficient (Wildman–Crippen LogP) is 4.78. The zero-order chi connectivity index (χ0) is 18.1. The molecule has 1 aliphatic heterocycles. The third-order valence-corrected chi connectivity index (χ3v) is 5.52. The fourth-order valence-corrected chi connectivity index (χ4v) is 4.20. The molecule has 26 heavy (non-hydrogen) atoms. The minimum atomic E-state index is -0.125. The van der Waals surface area contributed by atoms with Gasteiger partial charge in [0.1, 0.15) is 11.3 Å². The molecule has 134 valence electrons. The van der Waals surface area contributed by atoms with Gasteiger partial charge in [-0.15, -0.1) is 0 Å². The SMILES string of the molecule is Oc1c([C@H](c2cccc(Br)c2)N2CCOCC2)cc(Cl)c2cccnc12. The Bertz CT molecular complexity index is 944. The Labute approximate surface area is 165 Å². The third-order valence-electron chi connectivity index (χ3n) is 4.71. The van der Waals surface area contributed by atoms with E-state index in [1.807, 2.05) is 30.3 Å². The number of nitrogens with zero attached hydrogens (tertiary/aromatic N) is 2. The van der Waals surface area contributed by atoms with Gasteiger partial charge < -0.3 is 9.84 Å². The van der Waals surface area contributed by atoms with Gasteiger partial charge in [-0.3, -0.25) is 9.88 Å². The van der Waals surface area contributed by atoms with E-state index in [9.17, 15) is 5.11 Å². The molecule has 1 fully saturated rings. The van der Waals surface area contributed by atoms with Crippen molar-refractivity contribution in [2.45, 2.75) is 6.04 Å². The van der Waals surface area contributed by atoms with E-state index in [0.717, 1.165) is 34.1 Å². The summed E-state index contributed by atoms with van der Waals surface area (Å²) in [6.45, 7) is 2.92. The summed E-state index contributed by atoms with van der Waals surface area (Å²) in [6.07, 6.45) is 1.67. The lowest BCUT2D eigenvalue weighted by molar-refractivity contribution is 0.0236. The van der Waals surface area contributed by atoms with Gasteiger partial charge in [-0.1, -0.05) is 39.7 Å². The van der Waals surface area contributed by atoms with Gasteiger partial charge in [-0.25, -0.2) is 0 Å². The molecule has 0 spiro atoms. The molecule has 6 heteroatoms. The van der Waals surface area contributed by atoms with Crippen LogP contribution in [0.3, 0.4) is 0 Å². The molecule has 3 aromatic rings. The van der Waals surface area contributed by atoms with Crippen LogP contribution in [0.5, 0.6) is 5.75 Å². The van der Waals surface area contributed by atoms with Crippen molar-refractivity contribution in [3.63, 3.8) is 0 Å². The summed E-state index contributed by atoms with van der Waals surface area (Å²) in [7, 11) is 0. The molecule has 4 rings (SSSR count). The van der Waals surface area contributed by atoms with E-state index in [0.29, 0.717) is 23.8 Å². The lowest BCUT2D eigenvalue weighted by Gasteiger charge is -2.35. The molecule has 2 heterocycles. The van der Waals surface area contributed by atoms with Gasteiger partial charge in [0.2, 0.25) is 0 Å². The highest BCUT2D eigenvalue weighted by Gasteiger charge is 2.28. The van der Waals surface area contributed by atoms with Gasteiger partial charge in [-0.05, 0) is 35.9 Å². The van der Waals surface area contributed by atoms with Crippen molar-refractivity contribution in [3.05, 3.63) is 69.3 Å². The van der Waals surface area contributed by atoms with E-state index in [-0.39, 0.29) is 11.8 Å². The lowest BCUT2D eigenvalue weighted by atomic mass is 9.94. The zero-order valence-corrected chi connectivity index (χ0v) is 16.4. The van der Waals surface area contributed by atoms with Gasteiger partial charge in [0, 0.05) is 34.7 Å². The first-order valence-electron chi connectivity index (χ1n) is 8.48. The largest absolute Gasteiger partial charge is 0.505 e. The normalized spacial score (nSPS) is 16.7. The van der Waals surface area contributed by atoms with Gasteiger partial charge in [0.15, 0.2) is 0 Å². The topological polar surface area (TPSA) is 45.6 Å². The summed E-state index contributed by atoms with van der Waals surface area (Å²) in [4.78, 5) is 6.67. The molecule has 0 unspecified atom stereocenters. The number of hydrogen-bond donors (Lipinski definition) is 1. The highest BCUT2D eigenvalue weighted by atomic mass is 79.9. The maximum Gasteiger partial charge on any atom is 0.147 e. The van der Waals surface area contributed by atoms with E-state index in [1.54, 1.807) is 6.20 Å². The summed E-state index contributed by atoms with van der Waals surface area (Å²) in [5.41, 5.74) is 2.38. The molecular formula is C20H18BrClN2O2. The highest BCUT2D eigenvalue weighted by molar-refractivity contribution is 9.10. The first kappa shape index (κ1) is 17.7. The second-order valence-corrected chi connectivity index (χ2v) is 7.62. The van der Waals surface area contributed by atoms with E-state index >= 15 is 0 Å². The van der Waals surface area contributed by atoms with Crippen LogP contribution in [0.15, 0.2) is 53.1 Å². The predicted molar refractivity (Wildman–Crippen MR) is 107 cm³/mol. The number of rotatable bonds is 3. The maximum atomic E-state index is 11.0. The number of halogens is 2. The van der Waals surface area contributed by atoms with Crippen molar-refractivity contribution < 1.29 is 9.84 Å².